The van der Waals surface area contributed by atoms with Gasteiger partial charge in [-0.25, -0.2) is 0 Å². The number of hydrogen-bond donors (Lipinski definition) is 1. The molecule has 22 heavy (non-hydrogen) atoms. The van der Waals surface area contributed by atoms with Crippen molar-refractivity contribution in [3.63, 3.8) is 0 Å². The molecule has 7 heteroatoms. The molecule has 2 N–H and O–H groups in total. The molecule has 1 heterocycles. The fraction of sp³-hybridized carbons (Fsp3) is 0.400. The van der Waals surface area contributed by atoms with Gasteiger partial charge in [-0.05, 0) is 18.6 Å². The molecule has 0 saturated carbocycles. The molecule has 0 radical (unpaired) electrons. The van der Waals surface area contributed by atoms with Crippen molar-refractivity contribution in [2.75, 3.05) is 37.1 Å². The molecule has 0 aliphatic carbocycles. The Morgan fingerprint density at radius 2 is 1.95 bits per heavy atom. The van der Waals surface area contributed by atoms with Gasteiger partial charge in [0.05, 0.1) is 12.4 Å². The van der Waals surface area contributed by atoms with E-state index in [0.717, 1.165) is 17.1 Å². The number of hydrogen-bond acceptors (Lipinski definition) is 7. The molecule has 0 spiro atoms. The number of nitrogen functional groups attached to an aromatic ring is 1. The van der Waals surface area contributed by atoms with Gasteiger partial charge in [0.25, 0.3) is 0 Å². The van der Waals surface area contributed by atoms with Crippen LogP contribution in [0.2, 0.25) is 0 Å². The van der Waals surface area contributed by atoms with Gasteiger partial charge in [0, 0.05) is 19.8 Å². The summed E-state index contributed by atoms with van der Waals surface area (Å²) in [6.45, 7) is 2.69. The molecule has 118 valence electrons. The van der Waals surface area contributed by atoms with Crippen LogP contribution in [0.5, 0.6) is 5.75 Å². The number of nitrogens with two attached hydrogens (primary N) is 1. The summed E-state index contributed by atoms with van der Waals surface area (Å²) < 4.78 is 5.75. The van der Waals surface area contributed by atoms with Gasteiger partial charge < -0.3 is 15.4 Å². The van der Waals surface area contributed by atoms with E-state index >= 15 is 0 Å². The fourth-order valence-corrected chi connectivity index (χ4v) is 2.44. The van der Waals surface area contributed by atoms with Crippen molar-refractivity contribution in [2.24, 2.45) is 0 Å². The first-order valence-electron chi connectivity index (χ1n) is 7.00. The molecule has 2 rings (SSSR count). The van der Waals surface area contributed by atoms with Gasteiger partial charge in [-0.15, -0.1) is 0 Å². The van der Waals surface area contributed by atoms with Crippen LogP contribution in [0, 0.1) is 6.92 Å². The Bertz CT molecular complexity index is 621. The second kappa shape index (κ2) is 7.84. The predicted octanol–water partition coefficient (Wildman–Crippen LogP) is 2.14. The highest BCUT2D eigenvalue weighted by Gasteiger charge is 2.06. The van der Waals surface area contributed by atoms with Gasteiger partial charge in [0.15, 0.2) is 0 Å². The molecule has 0 saturated heterocycles. The fourth-order valence-electron chi connectivity index (χ4n) is 1.78. The summed E-state index contributed by atoms with van der Waals surface area (Å²) in [6.07, 6.45) is 0. The quantitative estimate of drug-likeness (QED) is 0.783. The van der Waals surface area contributed by atoms with Crippen molar-refractivity contribution in [1.29, 1.82) is 0 Å². The SMILES string of the molecule is Cc1ccccc1OCCSCc1nc(N)nc(N(C)C)n1. The lowest BCUT2D eigenvalue weighted by atomic mass is 10.2. The van der Waals surface area contributed by atoms with Gasteiger partial charge in [-0.1, -0.05) is 18.2 Å². The average molecular weight is 319 g/mol. The lowest BCUT2D eigenvalue weighted by Gasteiger charge is -2.11. The maximum absolute atomic E-state index is 5.75. The van der Waals surface area contributed by atoms with E-state index in [1.165, 1.54) is 0 Å². The molecular formula is C15H21N5OS. The third kappa shape index (κ3) is 4.77. The largest absolute Gasteiger partial charge is 0.492 e. The van der Waals surface area contributed by atoms with Gasteiger partial charge >= 0.3 is 0 Å². The number of nitrogens with zero attached hydrogens (tertiary/aromatic N) is 4. The van der Waals surface area contributed by atoms with E-state index in [2.05, 4.69) is 15.0 Å². The zero-order valence-electron chi connectivity index (χ0n) is 13.1. The van der Waals surface area contributed by atoms with Crippen molar-refractivity contribution in [3.05, 3.63) is 35.7 Å². The summed E-state index contributed by atoms with van der Waals surface area (Å²) in [6, 6.07) is 8.01. The van der Waals surface area contributed by atoms with Crippen LogP contribution in [0.25, 0.3) is 0 Å². The summed E-state index contributed by atoms with van der Waals surface area (Å²) in [4.78, 5) is 14.4. The number of rotatable bonds is 7. The minimum atomic E-state index is 0.255. The van der Waals surface area contributed by atoms with Crippen LogP contribution in [-0.2, 0) is 5.75 Å². The highest BCUT2D eigenvalue weighted by Crippen LogP contribution is 2.17. The third-order valence-electron chi connectivity index (χ3n) is 2.90. The second-order valence-corrected chi connectivity index (χ2v) is 6.08. The maximum atomic E-state index is 5.75. The molecular weight excluding hydrogens is 298 g/mol. The zero-order valence-corrected chi connectivity index (χ0v) is 13.9. The molecule has 0 unspecified atom stereocenters. The van der Waals surface area contributed by atoms with Gasteiger partial charge in [0.2, 0.25) is 11.9 Å². The average Bonchev–Trinajstić information content (AvgIpc) is 2.48. The summed E-state index contributed by atoms with van der Waals surface area (Å²) in [7, 11) is 3.75. The van der Waals surface area contributed by atoms with Crippen LogP contribution < -0.4 is 15.4 Å². The zero-order chi connectivity index (χ0) is 15.9. The van der Waals surface area contributed by atoms with Crippen molar-refractivity contribution in [3.8, 4) is 5.75 Å². The Labute approximate surface area is 135 Å². The minimum Gasteiger partial charge on any atom is -0.492 e. The lowest BCUT2D eigenvalue weighted by Crippen LogP contribution is -2.16. The monoisotopic (exact) mass is 319 g/mol. The van der Waals surface area contributed by atoms with E-state index in [-0.39, 0.29) is 5.95 Å². The Morgan fingerprint density at radius 1 is 1.18 bits per heavy atom. The standard InChI is InChI=1S/C15H21N5OS/c1-11-6-4-5-7-12(11)21-8-9-22-10-13-17-14(16)19-15(18-13)20(2)3/h4-7H,8-10H2,1-3H3,(H2,16,17,18,19). The number of aryl methyl sites for hydroxylation is 1. The highest BCUT2D eigenvalue weighted by atomic mass is 32.2. The van der Waals surface area contributed by atoms with Crippen LogP contribution in [0.15, 0.2) is 24.3 Å². The van der Waals surface area contributed by atoms with Crippen molar-refractivity contribution < 1.29 is 4.74 Å². The van der Waals surface area contributed by atoms with E-state index in [4.69, 9.17) is 10.5 Å². The molecule has 1 aromatic carbocycles. The van der Waals surface area contributed by atoms with Gasteiger partial charge in [0.1, 0.15) is 11.6 Å². The summed E-state index contributed by atoms with van der Waals surface area (Å²) in [5.41, 5.74) is 6.84. The number of ether oxygens (including phenoxy) is 1. The second-order valence-electron chi connectivity index (χ2n) is 4.97. The topological polar surface area (TPSA) is 77.2 Å². The van der Waals surface area contributed by atoms with Crippen LogP contribution in [-0.4, -0.2) is 41.4 Å². The summed E-state index contributed by atoms with van der Waals surface area (Å²) in [5.74, 6) is 4.01. The minimum absolute atomic E-state index is 0.255. The Morgan fingerprint density at radius 3 is 2.68 bits per heavy atom. The van der Waals surface area contributed by atoms with Crippen molar-refractivity contribution in [2.45, 2.75) is 12.7 Å². The smallest absolute Gasteiger partial charge is 0.229 e. The molecule has 0 bridgehead atoms. The van der Waals surface area contributed by atoms with Crippen LogP contribution in [0.1, 0.15) is 11.4 Å². The first-order chi connectivity index (χ1) is 10.6. The molecule has 0 amide bonds. The van der Waals surface area contributed by atoms with Crippen LogP contribution in [0.3, 0.4) is 0 Å². The molecule has 2 aromatic rings. The Hall–Kier alpha value is -2.02. The van der Waals surface area contributed by atoms with E-state index in [1.54, 1.807) is 11.8 Å². The third-order valence-corrected chi connectivity index (χ3v) is 3.81. The number of thioether (sulfide) groups is 1. The Balaban J connectivity index is 1.78. The summed E-state index contributed by atoms with van der Waals surface area (Å²) in [5, 5.41) is 0. The van der Waals surface area contributed by atoms with Crippen LogP contribution >= 0.6 is 11.8 Å². The van der Waals surface area contributed by atoms with E-state index in [9.17, 15) is 0 Å². The number of para-hydroxylation sites is 1. The van der Waals surface area contributed by atoms with Crippen LogP contribution in [0.4, 0.5) is 11.9 Å². The molecule has 0 aliphatic heterocycles. The molecule has 0 aliphatic rings. The Kier molecular flexibility index (Phi) is 5.83. The van der Waals surface area contributed by atoms with Crippen molar-refractivity contribution >= 4 is 23.7 Å². The molecule has 0 fully saturated rings. The van der Waals surface area contributed by atoms with Gasteiger partial charge in [-0.2, -0.15) is 26.7 Å². The molecule has 1 aromatic heterocycles. The molecule has 6 nitrogen and oxygen atoms in total. The van der Waals surface area contributed by atoms with Crippen molar-refractivity contribution in [1.82, 2.24) is 15.0 Å². The normalized spacial score (nSPS) is 10.5. The van der Waals surface area contributed by atoms with E-state index in [1.807, 2.05) is 50.2 Å². The predicted molar refractivity (Wildman–Crippen MR) is 91.4 cm³/mol. The van der Waals surface area contributed by atoms with E-state index < -0.39 is 0 Å². The summed E-state index contributed by atoms with van der Waals surface area (Å²) >= 11 is 1.71. The molecule has 0 atom stereocenters. The number of aromatic nitrogens is 3. The first kappa shape index (κ1) is 16.4. The lowest BCUT2D eigenvalue weighted by molar-refractivity contribution is 0.341. The maximum Gasteiger partial charge on any atom is 0.229 e. The number of anilines is 2. The van der Waals surface area contributed by atoms with E-state index in [0.29, 0.717) is 24.1 Å². The first-order valence-corrected chi connectivity index (χ1v) is 8.15. The van der Waals surface area contributed by atoms with Gasteiger partial charge in [-0.3, -0.25) is 0 Å². The highest BCUT2D eigenvalue weighted by molar-refractivity contribution is 7.98. The number of benzene rings is 1.